The summed E-state index contributed by atoms with van der Waals surface area (Å²) in [4.78, 5) is 25.1. The molecule has 0 aromatic carbocycles. The molecule has 2 rings (SSSR count). The van der Waals surface area contributed by atoms with Crippen LogP contribution in [0.5, 0.6) is 0 Å². The number of methoxy groups -OCH3 is 1. The highest BCUT2D eigenvalue weighted by Gasteiger charge is 2.23. The number of amides is 1. The van der Waals surface area contributed by atoms with E-state index in [0.29, 0.717) is 12.2 Å². The molecule has 0 atom stereocenters. The predicted octanol–water partition coefficient (Wildman–Crippen LogP) is 0.861. The maximum Gasteiger partial charge on any atom is 0.376 e. The van der Waals surface area contributed by atoms with Crippen molar-refractivity contribution < 1.29 is 18.8 Å². The molecule has 20 heavy (non-hydrogen) atoms. The summed E-state index contributed by atoms with van der Waals surface area (Å²) in [5.74, 6) is -1.17. The number of esters is 1. The average Bonchev–Trinajstić information content (AvgIpc) is 3.08. The first kappa shape index (κ1) is 13.8. The molecule has 0 fully saturated rings. The molecule has 0 saturated heterocycles. The van der Waals surface area contributed by atoms with Crippen molar-refractivity contribution in [2.24, 2.45) is 7.05 Å². The number of rotatable bonds is 4. The van der Waals surface area contributed by atoms with Crippen LogP contribution in [0.25, 0.3) is 0 Å². The molecule has 106 valence electrons. The Morgan fingerprint density at radius 3 is 2.80 bits per heavy atom. The number of hydrogen-bond acceptors (Lipinski definition) is 6. The summed E-state index contributed by atoms with van der Waals surface area (Å²) < 4.78 is 10.9. The summed E-state index contributed by atoms with van der Waals surface area (Å²) in [5.41, 5.74) is 0.679. The molecule has 8 heteroatoms. The first-order chi connectivity index (χ1) is 9.56. The molecule has 0 N–H and O–H groups in total. The van der Waals surface area contributed by atoms with Crippen LogP contribution in [-0.4, -0.2) is 40.5 Å². The van der Waals surface area contributed by atoms with E-state index in [1.165, 1.54) is 18.1 Å². The second kappa shape index (κ2) is 5.55. The number of nitrogens with zero attached hydrogens (tertiary/aromatic N) is 4. The summed E-state index contributed by atoms with van der Waals surface area (Å²) in [6, 6.07) is 1.26. The number of carbonyl (C=O) groups is 2. The summed E-state index contributed by atoms with van der Waals surface area (Å²) in [7, 11) is 2.98. The van der Waals surface area contributed by atoms with Crippen LogP contribution in [0.2, 0.25) is 0 Å². The Balaban J connectivity index is 2.25. The van der Waals surface area contributed by atoms with E-state index in [-0.39, 0.29) is 17.4 Å². The fraction of sp³-hybridized carbons (Fsp3) is 0.333. The fourth-order valence-electron chi connectivity index (χ4n) is 1.70. The Morgan fingerprint density at radius 2 is 2.25 bits per heavy atom. The predicted molar refractivity (Wildman–Crippen MR) is 68.4 cm³/mol. The van der Waals surface area contributed by atoms with Gasteiger partial charge in [-0.2, -0.15) is 5.10 Å². The Morgan fingerprint density at radius 1 is 1.50 bits per heavy atom. The maximum absolute atomic E-state index is 12.3. The van der Waals surface area contributed by atoms with Gasteiger partial charge in [0.05, 0.1) is 19.0 Å². The monoisotopic (exact) mass is 278 g/mol. The Kier molecular flexibility index (Phi) is 3.83. The lowest BCUT2D eigenvalue weighted by Gasteiger charge is -2.16. The van der Waals surface area contributed by atoms with Crippen molar-refractivity contribution in [2.75, 3.05) is 18.6 Å². The van der Waals surface area contributed by atoms with Crippen LogP contribution in [0.1, 0.15) is 28.0 Å². The summed E-state index contributed by atoms with van der Waals surface area (Å²) in [6.45, 7) is 2.26. The lowest BCUT2D eigenvalue weighted by Crippen LogP contribution is -2.30. The molecule has 8 nitrogen and oxygen atoms in total. The van der Waals surface area contributed by atoms with Gasteiger partial charge in [0.25, 0.3) is 5.91 Å². The van der Waals surface area contributed by atoms with Crippen molar-refractivity contribution in [1.29, 1.82) is 0 Å². The van der Waals surface area contributed by atoms with Gasteiger partial charge >= 0.3 is 5.97 Å². The molecular weight excluding hydrogens is 264 g/mol. The second-order valence-corrected chi connectivity index (χ2v) is 3.99. The van der Waals surface area contributed by atoms with E-state index in [9.17, 15) is 9.59 Å². The fourth-order valence-corrected chi connectivity index (χ4v) is 1.70. The zero-order valence-electron chi connectivity index (χ0n) is 11.4. The van der Waals surface area contributed by atoms with Crippen LogP contribution in [0.3, 0.4) is 0 Å². The van der Waals surface area contributed by atoms with Gasteiger partial charge in [0.1, 0.15) is 0 Å². The number of aromatic nitrogens is 3. The molecule has 2 aromatic heterocycles. The molecule has 2 aromatic rings. The van der Waals surface area contributed by atoms with E-state index in [1.807, 2.05) is 6.92 Å². The smallest absolute Gasteiger partial charge is 0.376 e. The van der Waals surface area contributed by atoms with E-state index in [2.05, 4.69) is 15.0 Å². The summed E-state index contributed by atoms with van der Waals surface area (Å²) in [6.07, 6.45) is 3.28. The van der Waals surface area contributed by atoms with Crippen molar-refractivity contribution in [1.82, 2.24) is 14.9 Å². The van der Waals surface area contributed by atoms with Crippen molar-refractivity contribution >= 4 is 17.6 Å². The summed E-state index contributed by atoms with van der Waals surface area (Å²) >= 11 is 0. The molecule has 0 radical (unpaired) electrons. The van der Waals surface area contributed by atoms with E-state index < -0.39 is 5.97 Å². The molecule has 0 spiro atoms. The van der Waals surface area contributed by atoms with E-state index in [0.717, 1.165) is 0 Å². The van der Waals surface area contributed by atoms with E-state index >= 15 is 0 Å². The highest BCUT2D eigenvalue weighted by molar-refractivity contribution is 6.05. The topological polar surface area (TPSA) is 90.5 Å². The minimum Gasteiger partial charge on any atom is -0.463 e. The van der Waals surface area contributed by atoms with Crippen LogP contribution < -0.4 is 4.90 Å². The molecule has 0 saturated carbocycles. The van der Waals surface area contributed by atoms with Gasteiger partial charge in [-0.25, -0.2) is 4.79 Å². The second-order valence-electron chi connectivity index (χ2n) is 3.99. The van der Waals surface area contributed by atoms with Crippen molar-refractivity contribution in [3.8, 4) is 0 Å². The van der Waals surface area contributed by atoms with Gasteiger partial charge in [-0.15, -0.1) is 0 Å². The Hall–Kier alpha value is -2.64. The van der Waals surface area contributed by atoms with Gasteiger partial charge in [-0.3, -0.25) is 9.48 Å². The largest absolute Gasteiger partial charge is 0.463 e. The molecule has 0 aliphatic rings. The number of anilines is 1. The molecule has 1 amide bonds. The molecule has 0 unspecified atom stereocenters. The van der Waals surface area contributed by atoms with Crippen LogP contribution >= 0.6 is 0 Å². The van der Waals surface area contributed by atoms with E-state index in [4.69, 9.17) is 4.52 Å². The first-order valence-corrected chi connectivity index (χ1v) is 5.92. The van der Waals surface area contributed by atoms with Crippen molar-refractivity contribution in [2.45, 2.75) is 6.92 Å². The molecule has 2 heterocycles. The van der Waals surface area contributed by atoms with Crippen LogP contribution in [0, 0.1) is 0 Å². The highest BCUT2D eigenvalue weighted by atomic mass is 16.5. The number of ether oxygens (including phenoxy) is 1. The summed E-state index contributed by atoms with van der Waals surface area (Å²) in [5, 5.41) is 7.61. The molecular formula is C12H14N4O4. The van der Waals surface area contributed by atoms with Crippen LogP contribution in [0.15, 0.2) is 23.0 Å². The van der Waals surface area contributed by atoms with Gasteiger partial charge in [0.2, 0.25) is 5.76 Å². The van der Waals surface area contributed by atoms with Crippen LogP contribution in [-0.2, 0) is 11.8 Å². The SMILES string of the molecule is CCN(C(=O)c1cc(C(=O)OC)on1)c1cnn(C)c1. The lowest BCUT2D eigenvalue weighted by molar-refractivity contribution is 0.0554. The van der Waals surface area contributed by atoms with Crippen LogP contribution in [0.4, 0.5) is 5.69 Å². The highest BCUT2D eigenvalue weighted by Crippen LogP contribution is 2.16. The zero-order chi connectivity index (χ0) is 14.7. The quantitative estimate of drug-likeness (QED) is 0.770. The number of carbonyl (C=O) groups excluding carboxylic acids is 2. The maximum atomic E-state index is 12.3. The third kappa shape index (κ3) is 2.53. The lowest BCUT2D eigenvalue weighted by atomic mass is 10.3. The first-order valence-electron chi connectivity index (χ1n) is 5.92. The minimum absolute atomic E-state index is 0.0381. The minimum atomic E-state index is -0.680. The van der Waals surface area contributed by atoms with Gasteiger partial charge in [0.15, 0.2) is 5.69 Å². The number of hydrogen-bond donors (Lipinski definition) is 0. The Labute approximate surface area is 114 Å². The van der Waals surface area contributed by atoms with Crippen molar-refractivity contribution in [3.63, 3.8) is 0 Å². The van der Waals surface area contributed by atoms with Gasteiger partial charge in [0, 0.05) is 25.9 Å². The van der Waals surface area contributed by atoms with Gasteiger partial charge in [-0.1, -0.05) is 5.16 Å². The standard InChI is InChI=1S/C12H14N4O4/c1-4-16(8-6-13-15(2)7-8)11(17)9-5-10(20-14-9)12(18)19-3/h5-7H,4H2,1-3H3. The van der Waals surface area contributed by atoms with Gasteiger partial charge < -0.3 is 14.2 Å². The molecule has 0 aliphatic carbocycles. The third-order valence-corrected chi connectivity index (χ3v) is 2.68. The van der Waals surface area contributed by atoms with Crippen molar-refractivity contribution in [3.05, 3.63) is 29.9 Å². The van der Waals surface area contributed by atoms with Gasteiger partial charge in [-0.05, 0) is 6.92 Å². The molecule has 0 bridgehead atoms. The molecule has 0 aliphatic heterocycles. The third-order valence-electron chi connectivity index (χ3n) is 2.68. The number of aryl methyl sites for hydroxylation is 1. The van der Waals surface area contributed by atoms with E-state index in [1.54, 1.807) is 24.1 Å². The normalized spacial score (nSPS) is 10.3. The zero-order valence-corrected chi connectivity index (χ0v) is 11.4. The Bertz CT molecular complexity index is 631. The average molecular weight is 278 g/mol.